The summed E-state index contributed by atoms with van der Waals surface area (Å²) >= 11 is 0. The van der Waals surface area contributed by atoms with Crippen molar-refractivity contribution in [1.82, 2.24) is 4.31 Å². The molecule has 29 heavy (non-hydrogen) atoms. The Morgan fingerprint density at radius 1 is 1.10 bits per heavy atom. The largest absolute Gasteiger partial charge is 0.497 e. The Morgan fingerprint density at radius 3 is 2.24 bits per heavy atom. The van der Waals surface area contributed by atoms with Crippen LogP contribution in [0.25, 0.3) is 0 Å². The van der Waals surface area contributed by atoms with Crippen LogP contribution < -0.4 is 4.74 Å². The van der Waals surface area contributed by atoms with Crippen LogP contribution in [-0.2, 0) is 10.0 Å². The van der Waals surface area contributed by atoms with Gasteiger partial charge < -0.3 is 4.74 Å². The third kappa shape index (κ3) is 5.85. The van der Waals surface area contributed by atoms with Gasteiger partial charge >= 0.3 is 0 Å². The Kier molecular flexibility index (Phi) is 7.87. The molecule has 0 amide bonds. The van der Waals surface area contributed by atoms with Crippen LogP contribution in [0, 0.1) is 24.7 Å². The molecule has 0 radical (unpaired) electrons. The fourth-order valence-corrected chi connectivity index (χ4v) is 4.43. The topological polar surface area (TPSA) is 46.6 Å². The third-order valence-electron chi connectivity index (χ3n) is 4.49. The molecule has 0 saturated heterocycles. The molecule has 2 aromatic carbocycles. The average molecular weight is 410 g/mol. The molecule has 0 aliphatic carbocycles. The minimum atomic E-state index is -3.74. The summed E-state index contributed by atoms with van der Waals surface area (Å²) in [6.07, 6.45) is 1.69. The lowest BCUT2D eigenvalue weighted by atomic mass is 10.0. The van der Waals surface area contributed by atoms with E-state index in [2.05, 4.69) is 24.2 Å². The zero-order valence-electron chi connectivity index (χ0n) is 17.3. The molecule has 0 fully saturated rings. The maximum atomic E-state index is 13.4. The van der Waals surface area contributed by atoms with Gasteiger partial charge in [0.25, 0.3) is 0 Å². The fourth-order valence-electron chi connectivity index (χ4n) is 2.82. The number of methoxy groups -OCH3 is 1. The second kappa shape index (κ2) is 10.1. The minimum Gasteiger partial charge on any atom is -0.497 e. The molecular weight excluding hydrogens is 382 g/mol. The van der Waals surface area contributed by atoms with E-state index < -0.39 is 16.1 Å². The zero-order chi connectivity index (χ0) is 21.4. The molecule has 0 aliphatic heterocycles. The van der Waals surface area contributed by atoms with Crippen molar-refractivity contribution in [3.63, 3.8) is 0 Å². The smallest absolute Gasteiger partial charge is 0.244 e. The third-order valence-corrected chi connectivity index (χ3v) is 6.35. The van der Waals surface area contributed by atoms with Gasteiger partial charge in [-0.25, -0.2) is 8.42 Å². The maximum Gasteiger partial charge on any atom is 0.244 e. The summed E-state index contributed by atoms with van der Waals surface area (Å²) in [6, 6.07) is 13.8. The van der Waals surface area contributed by atoms with Crippen molar-refractivity contribution < 1.29 is 13.2 Å². The number of ether oxygens (including phenoxy) is 1. The van der Waals surface area contributed by atoms with Crippen LogP contribution in [0.2, 0.25) is 0 Å². The molecule has 0 unspecified atom stereocenters. The molecule has 0 spiro atoms. The van der Waals surface area contributed by atoms with Crippen molar-refractivity contribution >= 4 is 10.0 Å². The van der Waals surface area contributed by atoms with E-state index >= 15 is 0 Å². The SMILES string of the molecule is C=C=C[C@H](C(C)C)N(CC#Cc1ccc(OC)cc1)S(=O)(=O)c1ccc(C)cc1. The number of hydrogen-bond acceptors (Lipinski definition) is 3. The maximum absolute atomic E-state index is 13.4. The lowest BCUT2D eigenvalue weighted by molar-refractivity contribution is 0.327. The normalized spacial score (nSPS) is 12.1. The predicted octanol–water partition coefficient (Wildman–Crippen LogP) is 4.41. The highest BCUT2D eigenvalue weighted by atomic mass is 32.2. The van der Waals surface area contributed by atoms with Crippen LogP contribution in [0.1, 0.15) is 25.0 Å². The van der Waals surface area contributed by atoms with E-state index in [1.165, 1.54) is 4.31 Å². The quantitative estimate of drug-likeness (QED) is 0.503. The van der Waals surface area contributed by atoms with Crippen LogP contribution in [0.4, 0.5) is 0 Å². The van der Waals surface area contributed by atoms with Gasteiger partial charge in [0.05, 0.1) is 24.6 Å². The molecule has 0 aromatic heterocycles. The number of benzene rings is 2. The van der Waals surface area contributed by atoms with Gasteiger partial charge in [-0.1, -0.05) is 50.0 Å². The van der Waals surface area contributed by atoms with E-state index in [0.717, 1.165) is 16.9 Å². The first kappa shape index (κ1) is 22.5. The van der Waals surface area contributed by atoms with E-state index in [1.807, 2.05) is 45.0 Å². The number of nitrogens with zero attached hydrogens (tertiary/aromatic N) is 1. The van der Waals surface area contributed by atoms with Gasteiger partial charge in [0.2, 0.25) is 10.0 Å². The van der Waals surface area contributed by atoms with Crippen LogP contribution in [-0.4, -0.2) is 32.4 Å². The second-order valence-electron chi connectivity index (χ2n) is 7.00. The highest BCUT2D eigenvalue weighted by Gasteiger charge is 2.31. The molecule has 5 heteroatoms. The molecule has 2 aromatic rings. The number of hydrogen-bond donors (Lipinski definition) is 0. The zero-order valence-corrected chi connectivity index (χ0v) is 18.2. The Hall–Kier alpha value is -2.77. The molecule has 4 nitrogen and oxygen atoms in total. The van der Waals surface area contributed by atoms with Crippen LogP contribution in [0.5, 0.6) is 5.75 Å². The van der Waals surface area contributed by atoms with E-state index in [-0.39, 0.29) is 17.4 Å². The molecule has 0 heterocycles. The van der Waals surface area contributed by atoms with E-state index in [9.17, 15) is 8.42 Å². The molecule has 0 saturated carbocycles. The standard InChI is InChI=1S/C24H27NO3S/c1-6-8-24(19(2)3)25(29(26,27)23-16-10-20(4)11-17-23)18-7-9-21-12-14-22(28-5)15-13-21/h8,10-17,19,24H,1,18H2,2-5H3/t24-/m1/s1. The van der Waals surface area contributed by atoms with Gasteiger partial charge in [0.1, 0.15) is 5.75 Å². The molecule has 0 bridgehead atoms. The van der Waals surface area contributed by atoms with E-state index in [1.54, 1.807) is 37.5 Å². The van der Waals surface area contributed by atoms with E-state index in [0.29, 0.717) is 0 Å². The van der Waals surface area contributed by atoms with Gasteiger partial charge in [-0.3, -0.25) is 0 Å². The first-order valence-electron chi connectivity index (χ1n) is 9.37. The second-order valence-corrected chi connectivity index (χ2v) is 8.89. The number of rotatable bonds is 7. The summed E-state index contributed by atoms with van der Waals surface area (Å²) in [6.45, 7) is 9.54. The molecule has 152 valence electrons. The fraction of sp³-hybridized carbons (Fsp3) is 0.292. The van der Waals surface area contributed by atoms with Crippen LogP contribution in [0.15, 0.2) is 71.8 Å². The molecule has 0 aliphatic rings. The highest BCUT2D eigenvalue weighted by molar-refractivity contribution is 7.89. The van der Waals surface area contributed by atoms with Crippen molar-refractivity contribution in [3.8, 4) is 17.6 Å². The van der Waals surface area contributed by atoms with E-state index in [4.69, 9.17) is 4.74 Å². The lowest BCUT2D eigenvalue weighted by Gasteiger charge is -2.29. The van der Waals surface area contributed by atoms with Crippen molar-refractivity contribution in [3.05, 3.63) is 78.0 Å². The molecule has 0 N–H and O–H groups in total. The minimum absolute atomic E-state index is 0.0345. The highest BCUT2D eigenvalue weighted by Crippen LogP contribution is 2.23. The Morgan fingerprint density at radius 2 is 1.72 bits per heavy atom. The van der Waals surface area contributed by atoms with Gasteiger partial charge in [-0.15, -0.1) is 5.73 Å². The summed E-state index contributed by atoms with van der Waals surface area (Å²) in [4.78, 5) is 0.248. The number of sulfonamides is 1. The van der Waals surface area contributed by atoms with Crippen molar-refractivity contribution in [2.75, 3.05) is 13.7 Å². The average Bonchev–Trinajstić information content (AvgIpc) is 2.70. The number of aryl methyl sites for hydroxylation is 1. The predicted molar refractivity (Wildman–Crippen MR) is 117 cm³/mol. The van der Waals surface area contributed by atoms with Crippen LogP contribution in [0.3, 0.4) is 0 Å². The Bertz CT molecular complexity index is 1020. The van der Waals surface area contributed by atoms with Gasteiger partial charge in [-0.2, -0.15) is 4.31 Å². The summed E-state index contributed by atoms with van der Waals surface area (Å²) in [5.74, 6) is 6.82. The van der Waals surface area contributed by atoms with Gasteiger partial charge in [-0.05, 0) is 55.3 Å². The summed E-state index contributed by atoms with van der Waals surface area (Å²) in [5, 5.41) is 0. The molecule has 2 rings (SSSR count). The Balaban J connectivity index is 2.41. The molecule has 1 atom stereocenters. The first-order valence-corrected chi connectivity index (χ1v) is 10.8. The van der Waals surface area contributed by atoms with Crippen molar-refractivity contribution in [2.24, 2.45) is 5.92 Å². The van der Waals surface area contributed by atoms with Gasteiger partial charge in [0, 0.05) is 5.56 Å². The summed E-state index contributed by atoms with van der Waals surface area (Å²) < 4.78 is 33.3. The summed E-state index contributed by atoms with van der Waals surface area (Å²) in [7, 11) is -2.13. The molecular formula is C24H27NO3S. The Labute approximate surface area is 174 Å². The first-order chi connectivity index (χ1) is 13.8. The van der Waals surface area contributed by atoms with Crippen LogP contribution >= 0.6 is 0 Å². The summed E-state index contributed by atoms with van der Waals surface area (Å²) in [5.41, 5.74) is 4.53. The lowest BCUT2D eigenvalue weighted by Crippen LogP contribution is -2.42. The van der Waals surface area contributed by atoms with Crippen molar-refractivity contribution in [2.45, 2.75) is 31.7 Å². The van der Waals surface area contributed by atoms with Gasteiger partial charge in [0.15, 0.2) is 0 Å². The van der Waals surface area contributed by atoms with Crippen molar-refractivity contribution in [1.29, 1.82) is 0 Å². The monoisotopic (exact) mass is 409 g/mol.